The second-order valence-electron chi connectivity index (χ2n) is 9.66. The normalized spacial score (nSPS) is 14.7. The van der Waals surface area contributed by atoms with Crippen molar-refractivity contribution in [3.05, 3.63) is 78.1 Å². The third-order valence-electron chi connectivity index (χ3n) is 6.02. The average molecular weight is 532 g/mol. The summed E-state index contributed by atoms with van der Waals surface area (Å²) in [5.74, 6) is -1.24. The van der Waals surface area contributed by atoms with Crippen molar-refractivity contribution in [3.63, 3.8) is 0 Å². The maximum Gasteiger partial charge on any atom is 0.313 e. The molecule has 0 radical (unpaired) electrons. The van der Waals surface area contributed by atoms with E-state index < -0.39 is 23.3 Å². The molecule has 1 unspecified atom stereocenters. The van der Waals surface area contributed by atoms with E-state index in [-0.39, 0.29) is 5.91 Å². The van der Waals surface area contributed by atoms with Crippen LogP contribution in [0.25, 0.3) is 11.3 Å². The number of hydrogen-bond donors (Lipinski definition) is 3. The Morgan fingerprint density at radius 1 is 1.10 bits per heavy atom. The molecule has 39 heavy (non-hydrogen) atoms. The van der Waals surface area contributed by atoms with Crippen molar-refractivity contribution in [1.29, 1.82) is 0 Å². The molecule has 0 saturated heterocycles. The third-order valence-corrected chi connectivity index (χ3v) is 6.02. The van der Waals surface area contributed by atoms with E-state index in [1.165, 1.54) is 25.9 Å². The minimum atomic E-state index is -0.815. The number of oxazole rings is 1. The van der Waals surface area contributed by atoms with Gasteiger partial charge in [-0.15, -0.1) is 0 Å². The summed E-state index contributed by atoms with van der Waals surface area (Å²) in [6, 6.07) is 12.2. The maximum absolute atomic E-state index is 12.7. The lowest BCUT2D eigenvalue weighted by molar-refractivity contribution is -0.376. The number of carbonyl (C=O) groups excluding carboxylic acids is 3. The molecule has 3 N–H and O–H groups in total. The number of ether oxygens (including phenoxy) is 1. The summed E-state index contributed by atoms with van der Waals surface area (Å²) in [7, 11) is 1.49. The largest absolute Gasteiger partial charge is 0.619 e. The van der Waals surface area contributed by atoms with Crippen molar-refractivity contribution in [2.45, 2.75) is 32.2 Å². The van der Waals surface area contributed by atoms with Crippen molar-refractivity contribution >= 4 is 35.3 Å². The zero-order valence-corrected chi connectivity index (χ0v) is 21.8. The fourth-order valence-corrected chi connectivity index (χ4v) is 4.11. The van der Waals surface area contributed by atoms with Crippen molar-refractivity contribution in [2.75, 3.05) is 17.7 Å². The first-order valence-corrected chi connectivity index (χ1v) is 12.2. The summed E-state index contributed by atoms with van der Waals surface area (Å²) in [4.78, 5) is 41.5. The van der Waals surface area contributed by atoms with E-state index in [1.54, 1.807) is 42.6 Å². The molecule has 0 aliphatic carbocycles. The lowest BCUT2D eigenvalue weighted by Crippen LogP contribution is -2.49. The van der Waals surface area contributed by atoms with Gasteiger partial charge in [-0.05, 0) is 56.2 Å². The minimum absolute atomic E-state index is 0.202. The van der Waals surface area contributed by atoms with Crippen LogP contribution in [0.15, 0.2) is 71.7 Å². The zero-order valence-electron chi connectivity index (χ0n) is 21.8. The molecule has 0 fully saturated rings. The molecule has 0 spiro atoms. The van der Waals surface area contributed by atoms with Gasteiger partial charge in [0.2, 0.25) is 5.91 Å². The van der Waals surface area contributed by atoms with Gasteiger partial charge in [0.1, 0.15) is 5.75 Å². The predicted octanol–water partition coefficient (Wildman–Crippen LogP) is 3.48. The van der Waals surface area contributed by atoms with Gasteiger partial charge >= 0.3 is 11.8 Å². The Hall–Kier alpha value is -4.93. The van der Waals surface area contributed by atoms with E-state index in [0.717, 1.165) is 5.56 Å². The maximum atomic E-state index is 12.7. The monoisotopic (exact) mass is 531 g/mol. The molecule has 0 bridgehead atoms. The molecule has 0 saturated carbocycles. The lowest BCUT2D eigenvalue weighted by Gasteiger charge is -2.26. The van der Waals surface area contributed by atoms with Gasteiger partial charge in [0.25, 0.3) is 0 Å². The number of carbonyl (C=O) groups is 3. The summed E-state index contributed by atoms with van der Waals surface area (Å²) in [5.41, 5.74) is 1.83. The Morgan fingerprint density at radius 2 is 1.85 bits per heavy atom. The van der Waals surface area contributed by atoms with Crippen molar-refractivity contribution in [3.8, 4) is 17.1 Å². The smallest absolute Gasteiger partial charge is 0.313 e. The van der Waals surface area contributed by atoms with E-state index in [1.807, 2.05) is 26.0 Å². The molecule has 2 heterocycles. The summed E-state index contributed by atoms with van der Waals surface area (Å²) in [5, 5.41) is 19.4. The van der Waals surface area contributed by atoms with Crippen LogP contribution in [0.1, 0.15) is 25.8 Å². The molecule has 1 aromatic heterocycles. The van der Waals surface area contributed by atoms with Crippen LogP contribution in [-0.4, -0.2) is 46.3 Å². The van der Waals surface area contributed by atoms with Gasteiger partial charge in [-0.2, -0.15) is 4.74 Å². The summed E-state index contributed by atoms with van der Waals surface area (Å²) >= 11 is 0. The Balaban J connectivity index is 1.31. The first kappa shape index (κ1) is 27.1. The number of anilines is 2. The van der Waals surface area contributed by atoms with E-state index in [0.29, 0.717) is 46.0 Å². The predicted molar refractivity (Wildman–Crippen MR) is 145 cm³/mol. The van der Waals surface area contributed by atoms with Crippen LogP contribution in [0.3, 0.4) is 0 Å². The highest BCUT2D eigenvalue weighted by Gasteiger charge is 2.26. The van der Waals surface area contributed by atoms with E-state index >= 15 is 0 Å². The quantitative estimate of drug-likeness (QED) is 0.229. The zero-order chi connectivity index (χ0) is 28.0. The highest BCUT2D eigenvalue weighted by Crippen LogP contribution is 2.32. The summed E-state index contributed by atoms with van der Waals surface area (Å²) in [6.07, 6.45) is 7.95. The van der Waals surface area contributed by atoms with E-state index in [2.05, 4.69) is 20.9 Å². The Kier molecular flexibility index (Phi) is 8.09. The van der Waals surface area contributed by atoms with Crippen molar-refractivity contribution in [1.82, 2.24) is 10.3 Å². The fraction of sp³-hybridized carbons (Fsp3) is 0.250. The van der Waals surface area contributed by atoms with Crippen LogP contribution >= 0.6 is 0 Å². The third kappa shape index (κ3) is 7.10. The van der Waals surface area contributed by atoms with Gasteiger partial charge in [0, 0.05) is 29.4 Å². The summed E-state index contributed by atoms with van der Waals surface area (Å²) in [6.45, 7) is 3.63. The highest BCUT2D eigenvalue weighted by atomic mass is 16.5. The van der Waals surface area contributed by atoms with Gasteiger partial charge in [-0.1, -0.05) is 12.1 Å². The molecule has 1 aliphatic rings. The van der Waals surface area contributed by atoms with Crippen LogP contribution in [-0.2, 0) is 20.8 Å². The molecule has 1 aliphatic heterocycles. The van der Waals surface area contributed by atoms with Crippen molar-refractivity contribution in [2.24, 2.45) is 5.92 Å². The van der Waals surface area contributed by atoms with Gasteiger partial charge < -0.3 is 30.3 Å². The molecular formula is C28H29N5O6. The average Bonchev–Trinajstić information content (AvgIpc) is 3.44. The molecular weight excluding hydrogens is 502 g/mol. The number of methoxy groups -OCH3 is 1. The van der Waals surface area contributed by atoms with Gasteiger partial charge in [-0.3, -0.25) is 14.4 Å². The molecule has 3 aromatic rings. The van der Waals surface area contributed by atoms with E-state index in [4.69, 9.17) is 9.15 Å². The number of aromatic nitrogens is 1. The summed E-state index contributed by atoms with van der Waals surface area (Å²) < 4.78 is 11.4. The van der Waals surface area contributed by atoms with Gasteiger partial charge in [0.15, 0.2) is 24.6 Å². The number of rotatable bonds is 8. The van der Waals surface area contributed by atoms with Crippen LogP contribution in [0.5, 0.6) is 5.75 Å². The number of amides is 3. The SMILES string of the molecule is COc1cc(NC(=O)C(=O)NC(C)(C)Cc2ccc(NC(=O)C3C=C[N+]([O-])=CC3)cc2)ccc1-c1cnco1. The first-order chi connectivity index (χ1) is 18.6. The minimum Gasteiger partial charge on any atom is -0.619 e. The number of nitrogens with one attached hydrogen (secondary N) is 3. The van der Waals surface area contributed by atoms with Crippen LogP contribution < -0.4 is 20.7 Å². The molecule has 11 nitrogen and oxygen atoms in total. The number of hydrogen-bond acceptors (Lipinski definition) is 7. The van der Waals surface area contributed by atoms with Crippen LogP contribution in [0.2, 0.25) is 0 Å². The number of benzene rings is 2. The Morgan fingerprint density at radius 3 is 2.49 bits per heavy atom. The van der Waals surface area contributed by atoms with Crippen molar-refractivity contribution < 1.29 is 28.3 Å². The molecule has 202 valence electrons. The Bertz CT molecular complexity index is 1410. The fourth-order valence-electron chi connectivity index (χ4n) is 4.11. The first-order valence-electron chi connectivity index (χ1n) is 12.2. The number of hydroxylamine groups is 1. The topological polar surface area (TPSA) is 149 Å². The second-order valence-corrected chi connectivity index (χ2v) is 9.66. The molecule has 1 atom stereocenters. The number of nitrogens with zero attached hydrogens (tertiary/aromatic N) is 2. The van der Waals surface area contributed by atoms with Gasteiger partial charge in [0.05, 0.1) is 24.8 Å². The standard InChI is InChI=1S/C28H29N5O6/c1-28(2,15-18-4-6-20(7-5-18)30-25(34)19-10-12-33(37)13-11-19)32-27(36)26(35)31-21-8-9-22(23(14-21)38-3)24-16-29-17-39-24/h4-10,12-14,16-17,19H,11,15H2,1-3H3,(H,30,34)(H,31,35)(H,32,36). The molecule has 3 amide bonds. The van der Waals surface area contributed by atoms with E-state index in [9.17, 15) is 19.6 Å². The van der Waals surface area contributed by atoms with Crippen LogP contribution in [0, 0.1) is 11.1 Å². The molecule has 11 heteroatoms. The highest BCUT2D eigenvalue weighted by molar-refractivity contribution is 6.39. The molecule has 2 aromatic carbocycles. The molecule has 4 rings (SSSR count). The van der Waals surface area contributed by atoms with Crippen LogP contribution in [0.4, 0.5) is 11.4 Å². The van der Waals surface area contributed by atoms with Gasteiger partial charge in [-0.25, -0.2) is 4.98 Å². The lowest BCUT2D eigenvalue weighted by atomic mass is 9.94. The second kappa shape index (κ2) is 11.6. The Labute approximate surface area is 225 Å².